The summed E-state index contributed by atoms with van der Waals surface area (Å²) < 4.78 is 5.88. The maximum Gasteiger partial charge on any atom is 0.198 e. The smallest absolute Gasteiger partial charge is 0.198 e. The Morgan fingerprint density at radius 1 is 1.47 bits per heavy atom. The predicted octanol–water partition coefficient (Wildman–Crippen LogP) is 3.34. The molecule has 1 aliphatic rings. The molecule has 0 unspecified atom stereocenters. The minimum atomic E-state index is 0.443. The Morgan fingerprint density at radius 3 is 3.11 bits per heavy atom. The molecule has 2 heterocycles. The molecule has 100 valence electrons. The van der Waals surface area contributed by atoms with Crippen LogP contribution in [0.25, 0.3) is 0 Å². The molecule has 0 aliphatic carbocycles. The molecule has 0 saturated carbocycles. The number of rotatable bonds is 3. The van der Waals surface area contributed by atoms with Gasteiger partial charge in [-0.2, -0.15) is 0 Å². The molecule has 3 rings (SSSR count). The first-order chi connectivity index (χ1) is 9.20. The van der Waals surface area contributed by atoms with Gasteiger partial charge in [-0.15, -0.1) is 0 Å². The molecule has 1 aliphatic heterocycles. The molecular weight excluding hydrogens is 260 g/mol. The van der Waals surface area contributed by atoms with Crippen molar-refractivity contribution in [2.24, 2.45) is 0 Å². The molecule has 0 amide bonds. The van der Waals surface area contributed by atoms with Gasteiger partial charge in [-0.05, 0) is 37.7 Å². The second-order valence-electron chi connectivity index (χ2n) is 5.22. The van der Waals surface area contributed by atoms with E-state index in [0.29, 0.717) is 5.92 Å². The first-order valence-electron chi connectivity index (χ1n) is 6.58. The lowest BCUT2D eigenvalue weighted by atomic mass is 10.1. The zero-order chi connectivity index (χ0) is 13.2. The fraction of sp³-hybridized carbons (Fsp3) is 0.400. The van der Waals surface area contributed by atoms with Gasteiger partial charge in [0, 0.05) is 23.9 Å². The molecular formula is C15H17ClN2O. The van der Waals surface area contributed by atoms with Gasteiger partial charge in [0.15, 0.2) is 5.89 Å². The fourth-order valence-electron chi connectivity index (χ4n) is 2.58. The summed E-state index contributed by atoms with van der Waals surface area (Å²) in [5.41, 5.74) is 1.15. The summed E-state index contributed by atoms with van der Waals surface area (Å²) in [4.78, 5) is 6.74. The van der Waals surface area contributed by atoms with Gasteiger partial charge >= 0.3 is 0 Å². The molecule has 0 bridgehead atoms. The lowest BCUT2D eigenvalue weighted by Crippen LogP contribution is -2.13. The minimum absolute atomic E-state index is 0.443. The van der Waals surface area contributed by atoms with E-state index in [1.807, 2.05) is 24.4 Å². The first kappa shape index (κ1) is 12.7. The standard InChI is InChI=1S/C15H17ClN2O/c1-18-6-5-12(10-18)15-17-9-14(19-15)8-11-3-2-4-13(16)7-11/h2-4,7,9,12H,5-6,8,10H2,1H3/t12-/m0/s1. The quantitative estimate of drug-likeness (QED) is 0.861. The van der Waals surface area contributed by atoms with Gasteiger partial charge < -0.3 is 9.32 Å². The summed E-state index contributed by atoms with van der Waals surface area (Å²) in [5.74, 6) is 2.23. The largest absolute Gasteiger partial charge is 0.445 e. The number of nitrogens with zero attached hydrogens (tertiary/aromatic N) is 2. The lowest BCUT2D eigenvalue weighted by molar-refractivity contribution is 0.385. The van der Waals surface area contributed by atoms with Crippen molar-refractivity contribution in [3.63, 3.8) is 0 Å². The maximum absolute atomic E-state index is 5.98. The van der Waals surface area contributed by atoms with Crippen molar-refractivity contribution < 1.29 is 4.42 Å². The average Bonchev–Trinajstić information content (AvgIpc) is 2.98. The van der Waals surface area contributed by atoms with Crippen molar-refractivity contribution in [1.82, 2.24) is 9.88 Å². The topological polar surface area (TPSA) is 29.3 Å². The molecule has 1 saturated heterocycles. The number of halogens is 1. The van der Waals surface area contributed by atoms with Gasteiger partial charge in [-0.3, -0.25) is 0 Å². The highest BCUT2D eigenvalue weighted by Crippen LogP contribution is 2.26. The molecule has 3 nitrogen and oxygen atoms in total. The third-order valence-corrected chi connectivity index (χ3v) is 3.81. The van der Waals surface area contributed by atoms with Crippen LogP contribution in [0.3, 0.4) is 0 Å². The summed E-state index contributed by atoms with van der Waals surface area (Å²) in [6.45, 7) is 2.16. The monoisotopic (exact) mass is 276 g/mol. The van der Waals surface area contributed by atoms with E-state index in [1.165, 1.54) is 0 Å². The van der Waals surface area contributed by atoms with Gasteiger partial charge in [0.05, 0.1) is 6.20 Å². The lowest BCUT2D eigenvalue weighted by Gasteiger charge is -2.06. The van der Waals surface area contributed by atoms with Crippen molar-refractivity contribution in [3.8, 4) is 0 Å². The molecule has 1 fully saturated rings. The highest BCUT2D eigenvalue weighted by Gasteiger charge is 2.25. The number of aromatic nitrogens is 1. The van der Waals surface area contributed by atoms with Crippen LogP contribution in [0.15, 0.2) is 34.9 Å². The second-order valence-corrected chi connectivity index (χ2v) is 5.66. The molecule has 1 aromatic heterocycles. The third kappa shape index (κ3) is 2.99. The molecule has 0 radical (unpaired) electrons. The summed E-state index contributed by atoms with van der Waals surface area (Å²) in [7, 11) is 2.13. The minimum Gasteiger partial charge on any atom is -0.445 e. The highest BCUT2D eigenvalue weighted by atomic mass is 35.5. The Balaban J connectivity index is 1.71. The Morgan fingerprint density at radius 2 is 2.37 bits per heavy atom. The number of likely N-dealkylation sites (N-methyl/N-ethyl adjacent to an activating group) is 1. The average molecular weight is 277 g/mol. The van der Waals surface area contributed by atoms with E-state index in [0.717, 1.165) is 48.2 Å². The van der Waals surface area contributed by atoms with E-state index in [4.69, 9.17) is 16.0 Å². The number of likely N-dealkylation sites (tertiary alicyclic amines) is 1. The van der Waals surface area contributed by atoms with Crippen molar-refractivity contribution in [1.29, 1.82) is 0 Å². The van der Waals surface area contributed by atoms with Gasteiger partial charge in [-0.1, -0.05) is 23.7 Å². The van der Waals surface area contributed by atoms with Crippen LogP contribution in [0.2, 0.25) is 5.02 Å². The van der Waals surface area contributed by atoms with Crippen molar-refractivity contribution in [2.45, 2.75) is 18.8 Å². The van der Waals surface area contributed by atoms with E-state index >= 15 is 0 Å². The number of hydrogen-bond acceptors (Lipinski definition) is 3. The van der Waals surface area contributed by atoms with Crippen LogP contribution < -0.4 is 0 Å². The Hall–Kier alpha value is -1.32. The van der Waals surface area contributed by atoms with Gasteiger partial charge in [0.2, 0.25) is 0 Å². The Labute approximate surface area is 118 Å². The van der Waals surface area contributed by atoms with Crippen LogP contribution >= 0.6 is 11.6 Å². The zero-order valence-corrected chi connectivity index (χ0v) is 11.7. The van der Waals surface area contributed by atoms with E-state index in [2.05, 4.69) is 23.0 Å². The fourth-order valence-corrected chi connectivity index (χ4v) is 2.79. The molecule has 1 aromatic carbocycles. The predicted molar refractivity (Wildman–Crippen MR) is 75.6 cm³/mol. The van der Waals surface area contributed by atoms with Crippen LogP contribution in [0.4, 0.5) is 0 Å². The molecule has 0 N–H and O–H groups in total. The number of hydrogen-bond donors (Lipinski definition) is 0. The normalized spacial score (nSPS) is 20.0. The van der Waals surface area contributed by atoms with Gasteiger partial charge in [-0.25, -0.2) is 4.98 Å². The maximum atomic E-state index is 5.98. The number of oxazole rings is 1. The van der Waals surface area contributed by atoms with Crippen LogP contribution in [0.5, 0.6) is 0 Å². The summed E-state index contributed by atoms with van der Waals surface area (Å²) >= 11 is 5.98. The van der Waals surface area contributed by atoms with Crippen LogP contribution in [0.1, 0.15) is 29.6 Å². The Bertz CT molecular complexity index is 567. The first-order valence-corrected chi connectivity index (χ1v) is 6.96. The Kier molecular flexibility index (Phi) is 3.58. The van der Waals surface area contributed by atoms with Gasteiger partial charge in [0.1, 0.15) is 5.76 Å². The van der Waals surface area contributed by atoms with Crippen molar-refractivity contribution in [3.05, 3.63) is 52.7 Å². The summed E-state index contributed by atoms with van der Waals surface area (Å²) in [6, 6.07) is 7.86. The van der Waals surface area contributed by atoms with E-state index in [-0.39, 0.29) is 0 Å². The van der Waals surface area contributed by atoms with Crippen LogP contribution in [-0.4, -0.2) is 30.0 Å². The zero-order valence-electron chi connectivity index (χ0n) is 11.0. The van der Waals surface area contributed by atoms with Crippen LogP contribution in [0, 0.1) is 0 Å². The molecule has 2 aromatic rings. The molecule has 1 atom stereocenters. The SMILES string of the molecule is CN1CC[C@H](c2ncc(Cc3cccc(Cl)c3)o2)C1. The highest BCUT2D eigenvalue weighted by molar-refractivity contribution is 6.30. The van der Waals surface area contributed by atoms with E-state index in [9.17, 15) is 0 Å². The van der Waals surface area contributed by atoms with Crippen molar-refractivity contribution >= 4 is 11.6 Å². The van der Waals surface area contributed by atoms with Crippen molar-refractivity contribution in [2.75, 3.05) is 20.1 Å². The molecule has 0 spiro atoms. The van der Waals surface area contributed by atoms with Gasteiger partial charge in [0.25, 0.3) is 0 Å². The second kappa shape index (κ2) is 5.35. The van der Waals surface area contributed by atoms with Crippen LogP contribution in [-0.2, 0) is 6.42 Å². The third-order valence-electron chi connectivity index (χ3n) is 3.58. The van der Waals surface area contributed by atoms with E-state index < -0.39 is 0 Å². The molecule has 19 heavy (non-hydrogen) atoms. The summed E-state index contributed by atoms with van der Waals surface area (Å²) in [5, 5.41) is 0.759. The van der Waals surface area contributed by atoms with E-state index in [1.54, 1.807) is 0 Å². The summed E-state index contributed by atoms with van der Waals surface area (Å²) in [6.07, 6.45) is 3.72. The number of benzene rings is 1. The molecule has 4 heteroatoms.